The molecule has 0 amide bonds. The van der Waals surface area contributed by atoms with Crippen LogP contribution in [0, 0.1) is 0 Å². The third-order valence-electron chi connectivity index (χ3n) is 1.79. The molecular weight excluding hydrogens is 162 g/mol. The number of hydrogen-bond acceptors (Lipinski definition) is 3. The van der Waals surface area contributed by atoms with Crippen LogP contribution >= 0.6 is 11.6 Å². The smallest absolute Gasteiger partial charge is 0.153 e. The molecule has 1 aliphatic carbocycles. The van der Waals surface area contributed by atoms with Gasteiger partial charge in [-0.1, -0.05) is 11.6 Å². The van der Waals surface area contributed by atoms with E-state index in [9.17, 15) is 0 Å². The van der Waals surface area contributed by atoms with Crippen molar-refractivity contribution in [3.05, 3.63) is 16.9 Å². The second-order valence-corrected chi connectivity index (χ2v) is 3.17. The minimum absolute atomic E-state index is 0.368. The molecule has 3 nitrogen and oxygen atoms in total. The number of nitrogens with two attached hydrogens (primary N) is 1. The molecule has 1 heterocycles. The zero-order chi connectivity index (χ0) is 7.84. The highest BCUT2D eigenvalue weighted by atomic mass is 35.5. The molecule has 0 radical (unpaired) electrons. The first kappa shape index (κ1) is 6.85. The van der Waals surface area contributed by atoms with E-state index in [0.717, 1.165) is 5.69 Å². The second kappa shape index (κ2) is 2.34. The predicted octanol–water partition coefficient (Wildman–Crippen LogP) is 1.59. The molecule has 1 aliphatic rings. The maximum absolute atomic E-state index is 5.68. The molecule has 11 heavy (non-hydrogen) atoms. The Labute approximate surface area is 69.6 Å². The summed E-state index contributed by atoms with van der Waals surface area (Å²) in [6, 6.07) is 1.65. The monoisotopic (exact) mass is 169 g/mol. The van der Waals surface area contributed by atoms with Crippen molar-refractivity contribution in [3.8, 4) is 0 Å². The molecule has 1 fully saturated rings. The molecule has 1 aromatic heterocycles. The van der Waals surface area contributed by atoms with Gasteiger partial charge in [-0.15, -0.1) is 5.10 Å². The van der Waals surface area contributed by atoms with E-state index < -0.39 is 0 Å². The number of rotatable bonds is 1. The summed E-state index contributed by atoms with van der Waals surface area (Å²) in [7, 11) is 0. The van der Waals surface area contributed by atoms with Gasteiger partial charge in [0.1, 0.15) is 0 Å². The third kappa shape index (κ3) is 1.28. The molecule has 0 unspecified atom stereocenters. The summed E-state index contributed by atoms with van der Waals surface area (Å²) in [6.07, 6.45) is 2.36. The average molecular weight is 170 g/mol. The number of aromatic nitrogens is 2. The Morgan fingerprint density at radius 2 is 2.18 bits per heavy atom. The SMILES string of the molecule is Nc1cc(Cl)nnc1C1CC1. The van der Waals surface area contributed by atoms with Gasteiger partial charge in [-0.2, -0.15) is 5.10 Å². The number of hydrogen-bond donors (Lipinski definition) is 1. The standard InChI is InChI=1S/C7H8ClN3/c8-6-3-5(9)7(11-10-6)4-1-2-4/h3-4H,1-2H2,(H2,9,10). The van der Waals surface area contributed by atoms with Crippen LogP contribution in [0.3, 0.4) is 0 Å². The van der Waals surface area contributed by atoms with Crippen LogP contribution in [-0.2, 0) is 0 Å². The summed E-state index contributed by atoms with van der Waals surface area (Å²) in [5, 5.41) is 8.04. The van der Waals surface area contributed by atoms with E-state index in [1.807, 2.05) is 0 Å². The minimum Gasteiger partial charge on any atom is -0.397 e. The van der Waals surface area contributed by atoms with E-state index in [2.05, 4.69) is 10.2 Å². The van der Waals surface area contributed by atoms with Crippen LogP contribution in [0.5, 0.6) is 0 Å². The third-order valence-corrected chi connectivity index (χ3v) is 1.97. The van der Waals surface area contributed by atoms with Gasteiger partial charge in [0.25, 0.3) is 0 Å². The van der Waals surface area contributed by atoms with E-state index in [0.29, 0.717) is 16.8 Å². The molecule has 0 aliphatic heterocycles. The maximum atomic E-state index is 5.68. The Morgan fingerprint density at radius 1 is 1.45 bits per heavy atom. The van der Waals surface area contributed by atoms with Crippen molar-refractivity contribution in [3.63, 3.8) is 0 Å². The molecule has 58 valence electrons. The molecular formula is C7H8ClN3. The summed E-state index contributed by atoms with van der Waals surface area (Å²) in [5.74, 6) is 0.541. The van der Waals surface area contributed by atoms with Gasteiger partial charge >= 0.3 is 0 Å². The van der Waals surface area contributed by atoms with Crippen molar-refractivity contribution >= 4 is 17.3 Å². The fraction of sp³-hybridized carbons (Fsp3) is 0.429. The highest BCUT2D eigenvalue weighted by Gasteiger charge is 2.27. The molecule has 2 N–H and O–H groups in total. The molecule has 0 atom stereocenters. The molecule has 0 aromatic carbocycles. The first-order valence-electron chi connectivity index (χ1n) is 3.56. The Balaban J connectivity index is 2.39. The fourth-order valence-corrected chi connectivity index (χ4v) is 1.22. The van der Waals surface area contributed by atoms with Crippen molar-refractivity contribution in [2.75, 3.05) is 5.73 Å². The molecule has 1 saturated carbocycles. The zero-order valence-corrected chi connectivity index (χ0v) is 6.67. The molecule has 0 spiro atoms. The van der Waals surface area contributed by atoms with Crippen molar-refractivity contribution in [2.24, 2.45) is 0 Å². The number of nitrogens with zero attached hydrogens (tertiary/aromatic N) is 2. The molecule has 4 heteroatoms. The summed E-state index contributed by atoms with van der Waals surface area (Å²) in [6.45, 7) is 0. The Hall–Kier alpha value is -0.830. The van der Waals surface area contributed by atoms with Gasteiger partial charge < -0.3 is 5.73 Å². The van der Waals surface area contributed by atoms with Crippen LogP contribution < -0.4 is 5.73 Å². The Bertz CT molecular complexity index is 283. The lowest BCUT2D eigenvalue weighted by Gasteiger charge is -1.99. The molecule has 2 rings (SSSR count). The van der Waals surface area contributed by atoms with E-state index >= 15 is 0 Å². The van der Waals surface area contributed by atoms with E-state index in [1.165, 1.54) is 12.8 Å². The Kier molecular flexibility index (Phi) is 1.46. The number of nitrogen functional groups attached to an aromatic ring is 1. The van der Waals surface area contributed by atoms with Crippen molar-refractivity contribution < 1.29 is 0 Å². The first-order valence-corrected chi connectivity index (χ1v) is 3.94. The molecule has 0 saturated heterocycles. The zero-order valence-electron chi connectivity index (χ0n) is 5.92. The predicted molar refractivity (Wildman–Crippen MR) is 43.4 cm³/mol. The van der Waals surface area contributed by atoms with Crippen molar-refractivity contribution in [2.45, 2.75) is 18.8 Å². The van der Waals surface area contributed by atoms with Gasteiger partial charge in [-0.05, 0) is 12.8 Å². The van der Waals surface area contributed by atoms with E-state index in [1.54, 1.807) is 6.07 Å². The van der Waals surface area contributed by atoms with Gasteiger partial charge in [0.05, 0.1) is 11.4 Å². The van der Waals surface area contributed by atoms with Crippen LogP contribution in [-0.4, -0.2) is 10.2 Å². The van der Waals surface area contributed by atoms with Gasteiger partial charge in [0, 0.05) is 12.0 Å². The quantitative estimate of drug-likeness (QED) is 0.695. The minimum atomic E-state index is 0.368. The van der Waals surface area contributed by atoms with Gasteiger partial charge in [-0.25, -0.2) is 0 Å². The van der Waals surface area contributed by atoms with Crippen LogP contribution in [0.1, 0.15) is 24.5 Å². The van der Waals surface area contributed by atoms with Crippen LogP contribution in [0.2, 0.25) is 5.15 Å². The number of anilines is 1. The first-order chi connectivity index (χ1) is 5.27. The summed E-state index contributed by atoms with van der Waals surface area (Å²) in [4.78, 5) is 0. The lowest BCUT2D eigenvalue weighted by atomic mass is 10.2. The maximum Gasteiger partial charge on any atom is 0.153 e. The highest BCUT2D eigenvalue weighted by Crippen LogP contribution is 2.41. The number of halogens is 1. The van der Waals surface area contributed by atoms with Gasteiger partial charge in [0.15, 0.2) is 5.15 Å². The summed E-state index contributed by atoms with van der Waals surface area (Å²) in [5.41, 5.74) is 7.26. The second-order valence-electron chi connectivity index (χ2n) is 2.78. The van der Waals surface area contributed by atoms with Gasteiger partial charge in [0.2, 0.25) is 0 Å². The van der Waals surface area contributed by atoms with E-state index in [4.69, 9.17) is 17.3 Å². The largest absolute Gasteiger partial charge is 0.397 e. The van der Waals surface area contributed by atoms with Crippen molar-refractivity contribution in [1.29, 1.82) is 0 Å². The molecule has 1 aromatic rings. The highest BCUT2D eigenvalue weighted by molar-refractivity contribution is 6.29. The topological polar surface area (TPSA) is 51.8 Å². The average Bonchev–Trinajstić information content (AvgIpc) is 2.70. The fourth-order valence-electron chi connectivity index (χ4n) is 1.06. The normalized spacial score (nSPS) is 16.8. The lowest BCUT2D eigenvalue weighted by molar-refractivity contribution is 0.916. The summed E-state index contributed by atoms with van der Waals surface area (Å²) < 4.78 is 0. The lowest BCUT2D eigenvalue weighted by Crippen LogP contribution is -1.98. The van der Waals surface area contributed by atoms with Crippen LogP contribution in [0.4, 0.5) is 5.69 Å². The van der Waals surface area contributed by atoms with Gasteiger partial charge in [-0.3, -0.25) is 0 Å². The summed E-state index contributed by atoms with van der Waals surface area (Å²) >= 11 is 5.59. The van der Waals surface area contributed by atoms with Crippen molar-refractivity contribution in [1.82, 2.24) is 10.2 Å². The van der Waals surface area contributed by atoms with E-state index in [-0.39, 0.29) is 0 Å². The Morgan fingerprint density at radius 3 is 2.73 bits per heavy atom. The van der Waals surface area contributed by atoms with Crippen LogP contribution in [0.25, 0.3) is 0 Å². The molecule has 0 bridgehead atoms. The van der Waals surface area contributed by atoms with Crippen LogP contribution in [0.15, 0.2) is 6.07 Å².